The third-order valence-electron chi connectivity index (χ3n) is 3.76. The van der Waals surface area contributed by atoms with Crippen LogP contribution in [0.25, 0.3) is 12.2 Å². The summed E-state index contributed by atoms with van der Waals surface area (Å²) in [5.74, 6) is 1.05. The van der Waals surface area contributed by atoms with Crippen LogP contribution in [0.1, 0.15) is 29.8 Å². The molecule has 2 heterocycles. The second-order valence-electron chi connectivity index (χ2n) is 6.25. The lowest BCUT2D eigenvalue weighted by Crippen LogP contribution is -2.20. The van der Waals surface area contributed by atoms with Crippen molar-refractivity contribution in [2.75, 3.05) is 7.11 Å². The highest BCUT2D eigenvalue weighted by atomic mass is 32.1. The van der Waals surface area contributed by atoms with Crippen LogP contribution in [0.15, 0.2) is 47.5 Å². The fraction of sp³-hybridized carbons (Fsp3) is 0.190. The van der Waals surface area contributed by atoms with Crippen LogP contribution in [0.4, 0.5) is 0 Å². The Hall–Kier alpha value is -3.19. The fourth-order valence-electron chi connectivity index (χ4n) is 2.52. The van der Waals surface area contributed by atoms with E-state index >= 15 is 0 Å². The standard InChI is InChI=1S/C21H20N2O4S/c1-13(2)27-17-5-4-14(10-18(17)26-3)11-19-21(25)23-20(28-19)12-16(24)15-6-8-22-9-7-15/h4-13H,1-3H3,(H,23,25)/b19-11-,20-12-. The van der Waals surface area contributed by atoms with Gasteiger partial charge >= 0.3 is 0 Å². The highest BCUT2D eigenvalue weighted by molar-refractivity contribution is 7.07. The summed E-state index contributed by atoms with van der Waals surface area (Å²) >= 11 is 1.22. The molecule has 0 saturated heterocycles. The van der Waals surface area contributed by atoms with Gasteiger partial charge in [-0.05, 0) is 49.8 Å². The molecule has 0 bridgehead atoms. The third kappa shape index (κ3) is 4.75. The van der Waals surface area contributed by atoms with E-state index in [1.54, 1.807) is 37.7 Å². The van der Waals surface area contributed by atoms with Crippen molar-refractivity contribution in [2.24, 2.45) is 0 Å². The number of Topliss-reactive ketones (excluding diaryl/α,β-unsaturated/α-hetero) is 1. The maximum atomic E-state index is 12.3. The van der Waals surface area contributed by atoms with Crippen molar-refractivity contribution in [2.45, 2.75) is 20.0 Å². The Morgan fingerprint density at radius 3 is 2.61 bits per heavy atom. The SMILES string of the molecule is COc1cc(/C=c2\s/c(=C\C(=O)c3ccncc3)[nH]c2=O)ccc1OC(C)C. The number of benzene rings is 1. The molecule has 0 amide bonds. The molecule has 0 aliphatic rings. The lowest BCUT2D eigenvalue weighted by atomic mass is 10.2. The van der Waals surface area contributed by atoms with E-state index in [-0.39, 0.29) is 17.4 Å². The van der Waals surface area contributed by atoms with Gasteiger partial charge in [0.25, 0.3) is 5.56 Å². The van der Waals surface area contributed by atoms with Gasteiger partial charge < -0.3 is 14.5 Å². The Kier molecular flexibility index (Phi) is 6.06. The third-order valence-corrected chi connectivity index (χ3v) is 4.72. The van der Waals surface area contributed by atoms with Gasteiger partial charge in [0.1, 0.15) is 0 Å². The highest BCUT2D eigenvalue weighted by Gasteiger charge is 2.07. The second-order valence-corrected chi connectivity index (χ2v) is 7.33. The van der Waals surface area contributed by atoms with Crippen molar-refractivity contribution in [3.63, 3.8) is 0 Å². The fourth-order valence-corrected chi connectivity index (χ4v) is 3.40. The maximum Gasteiger partial charge on any atom is 0.266 e. The number of nitrogens with one attached hydrogen (secondary N) is 1. The predicted octanol–water partition coefficient (Wildman–Crippen LogP) is 2.12. The predicted molar refractivity (Wildman–Crippen MR) is 110 cm³/mol. The maximum absolute atomic E-state index is 12.3. The molecule has 7 heteroatoms. The normalized spacial score (nSPS) is 12.4. The summed E-state index contributed by atoms with van der Waals surface area (Å²) in [6.07, 6.45) is 6.30. The lowest BCUT2D eigenvalue weighted by Gasteiger charge is -2.13. The van der Waals surface area contributed by atoms with Crippen molar-refractivity contribution in [1.82, 2.24) is 9.97 Å². The smallest absolute Gasteiger partial charge is 0.266 e. The number of aromatic amines is 1. The molecule has 0 radical (unpaired) electrons. The minimum atomic E-state index is -0.250. The zero-order chi connectivity index (χ0) is 20.1. The molecule has 2 aromatic heterocycles. The van der Waals surface area contributed by atoms with Crippen molar-refractivity contribution in [3.05, 3.63) is 73.4 Å². The Morgan fingerprint density at radius 1 is 1.18 bits per heavy atom. The number of ketones is 1. The lowest BCUT2D eigenvalue weighted by molar-refractivity contribution is 0.106. The number of thiazole rings is 1. The number of pyridine rings is 1. The zero-order valence-electron chi connectivity index (χ0n) is 15.8. The summed E-state index contributed by atoms with van der Waals surface area (Å²) in [4.78, 5) is 31.1. The number of hydrogen-bond acceptors (Lipinski definition) is 6. The molecule has 6 nitrogen and oxygen atoms in total. The van der Waals surface area contributed by atoms with Gasteiger partial charge in [-0.25, -0.2) is 0 Å². The Balaban J connectivity index is 1.95. The van der Waals surface area contributed by atoms with Crippen LogP contribution in [0.5, 0.6) is 11.5 Å². The van der Waals surface area contributed by atoms with E-state index < -0.39 is 0 Å². The molecule has 0 aliphatic heterocycles. The van der Waals surface area contributed by atoms with Gasteiger partial charge in [0.05, 0.1) is 22.4 Å². The van der Waals surface area contributed by atoms with E-state index in [0.29, 0.717) is 26.3 Å². The first kappa shape index (κ1) is 19.6. The van der Waals surface area contributed by atoms with Crippen LogP contribution in [0.3, 0.4) is 0 Å². The van der Waals surface area contributed by atoms with Gasteiger partial charge in [0.2, 0.25) is 0 Å². The summed E-state index contributed by atoms with van der Waals surface area (Å²) < 4.78 is 12.1. The van der Waals surface area contributed by atoms with Crippen molar-refractivity contribution in [1.29, 1.82) is 0 Å². The van der Waals surface area contributed by atoms with Gasteiger partial charge in [0.15, 0.2) is 17.3 Å². The van der Waals surface area contributed by atoms with Crippen LogP contribution < -0.4 is 24.2 Å². The van der Waals surface area contributed by atoms with E-state index in [1.165, 1.54) is 17.4 Å². The molecule has 0 saturated carbocycles. The molecule has 3 aromatic rings. The minimum absolute atomic E-state index is 0.0277. The molecule has 1 aromatic carbocycles. The number of rotatable bonds is 6. The quantitative estimate of drug-likeness (QED) is 0.646. The van der Waals surface area contributed by atoms with Crippen LogP contribution in [-0.4, -0.2) is 29.0 Å². The molecule has 0 fully saturated rings. The molecular formula is C21H20N2O4S. The molecule has 3 rings (SSSR count). The highest BCUT2D eigenvalue weighted by Crippen LogP contribution is 2.29. The Bertz CT molecular complexity index is 1150. The first-order valence-electron chi connectivity index (χ1n) is 8.68. The first-order valence-corrected chi connectivity index (χ1v) is 9.49. The van der Waals surface area contributed by atoms with E-state index in [9.17, 15) is 9.59 Å². The summed E-state index contributed by atoms with van der Waals surface area (Å²) in [5.41, 5.74) is 1.06. The van der Waals surface area contributed by atoms with Crippen LogP contribution in [-0.2, 0) is 0 Å². The number of carbonyl (C=O) groups is 1. The van der Waals surface area contributed by atoms with Crippen molar-refractivity contribution in [3.8, 4) is 11.5 Å². The van der Waals surface area contributed by atoms with Gasteiger partial charge in [0, 0.05) is 24.0 Å². The summed E-state index contributed by atoms with van der Waals surface area (Å²) in [5, 5.41) is 0. The Labute approximate surface area is 165 Å². The van der Waals surface area contributed by atoms with E-state index in [1.807, 2.05) is 32.0 Å². The molecule has 0 spiro atoms. The van der Waals surface area contributed by atoms with E-state index in [4.69, 9.17) is 9.47 Å². The average molecular weight is 396 g/mol. The molecule has 28 heavy (non-hydrogen) atoms. The molecule has 144 valence electrons. The summed E-state index contributed by atoms with van der Waals surface area (Å²) in [7, 11) is 1.57. The van der Waals surface area contributed by atoms with E-state index in [2.05, 4.69) is 9.97 Å². The summed E-state index contributed by atoms with van der Waals surface area (Å²) in [6.45, 7) is 3.88. The van der Waals surface area contributed by atoms with Crippen LogP contribution in [0, 0.1) is 0 Å². The largest absolute Gasteiger partial charge is 0.493 e. The average Bonchev–Trinajstić information content (AvgIpc) is 3.02. The number of aromatic nitrogens is 2. The number of nitrogens with zero attached hydrogens (tertiary/aromatic N) is 1. The van der Waals surface area contributed by atoms with Gasteiger partial charge in [-0.1, -0.05) is 6.07 Å². The monoisotopic (exact) mass is 396 g/mol. The number of methoxy groups -OCH3 is 1. The van der Waals surface area contributed by atoms with Crippen LogP contribution in [0.2, 0.25) is 0 Å². The number of carbonyl (C=O) groups excluding carboxylic acids is 1. The zero-order valence-corrected chi connectivity index (χ0v) is 16.6. The Morgan fingerprint density at radius 2 is 1.93 bits per heavy atom. The minimum Gasteiger partial charge on any atom is -0.493 e. The molecule has 0 atom stereocenters. The molecule has 0 unspecified atom stereocenters. The summed E-state index contributed by atoms with van der Waals surface area (Å²) in [6, 6.07) is 8.73. The van der Waals surface area contributed by atoms with E-state index in [0.717, 1.165) is 5.56 Å². The number of H-pyrrole nitrogens is 1. The van der Waals surface area contributed by atoms with Gasteiger partial charge in [-0.15, -0.1) is 11.3 Å². The van der Waals surface area contributed by atoms with Gasteiger partial charge in [-0.3, -0.25) is 14.6 Å². The van der Waals surface area contributed by atoms with Crippen molar-refractivity contribution >= 4 is 29.3 Å². The number of hydrogen-bond donors (Lipinski definition) is 1. The number of ether oxygens (including phenoxy) is 2. The topological polar surface area (TPSA) is 81.3 Å². The molecular weight excluding hydrogens is 376 g/mol. The van der Waals surface area contributed by atoms with Crippen molar-refractivity contribution < 1.29 is 14.3 Å². The second kappa shape index (κ2) is 8.67. The van der Waals surface area contributed by atoms with Crippen LogP contribution >= 0.6 is 11.3 Å². The molecule has 1 N–H and O–H groups in total. The van der Waals surface area contributed by atoms with Gasteiger partial charge in [-0.2, -0.15) is 0 Å². The first-order chi connectivity index (χ1) is 13.5. The molecule has 0 aliphatic carbocycles.